The molecular weight excluding hydrogens is 392 g/mol. The van der Waals surface area contributed by atoms with Crippen LogP contribution in [-0.4, -0.2) is 37.8 Å². The molecule has 7 nitrogen and oxygen atoms in total. The number of nitrogens with one attached hydrogen (secondary N) is 1. The highest BCUT2D eigenvalue weighted by Crippen LogP contribution is 2.34. The number of fused-ring (bicyclic) bond motifs is 1. The lowest BCUT2D eigenvalue weighted by Gasteiger charge is -2.44. The van der Waals surface area contributed by atoms with Gasteiger partial charge in [0.2, 0.25) is 5.91 Å². The number of amides is 2. The van der Waals surface area contributed by atoms with Gasteiger partial charge >= 0.3 is 0 Å². The van der Waals surface area contributed by atoms with Crippen LogP contribution >= 0.6 is 0 Å². The molecule has 2 aliphatic rings. The van der Waals surface area contributed by atoms with Gasteiger partial charge in [0.05, 0.1) is 18.5 Å². The summed E-state index contributed by atoms with van der Waals surface area (Å²) in [6, 6.07) is 11.3. The number of furan rings is 1. The standard InChI is InChI=1S/C24H26N4O3/c1-24(23(30)26-18-7-2-3-8-18)16-27-19(21-9-5-13-31-21)10-11-20(27)22(29)28(24)15-17-6-4-12-25-14-17/h4-6,9-14,18H,2-3,7-8,15-16H2,1H3,(H,26,30)/t24-/m1/s1. The Bertz CT molecular complexity index is 1080. The van der Waals surface area contributed by atoms with Crippen molar-refractivity contribution < 1.29 is 14.0 Å². The van der Waals surface area contributed by atoms with Crippen molar-refractivity contribution in [2.24, 2.45) is 0 Å². The van der Waals surface area contributed by atoms with E-state index in [1.807, 2.05) is 47.9 Å². The molecule has 1 aliphatic heterocycles. The largest absolute Gasteiger partial charge is 0.463 e. The second kappa shape index (κ2) is 7.72. The van der Waals surface area contributed by atoms with Crippen LogP contribution in [-0.2, 0) is 17.9 Å². The number of pyridine rings is 1. The minimum atomic E-state index is -1.04. The lowest BCUT2D eigenvalue weighted by atomic mass is 9.93. The van der Waals surface area contributed by atoms with Gasteiger partial charge in [-0.2, -0.15) is 0 Å². The van der Waals surface area contributed by atoms with E-state index in [2.05, 4.69) is 10.3 Å². The van der Waals surface area contributed by atoms with Gasteiger partial charge in [-0.25, -0.2) is 0 Å². The summed E-state index contributed by atoms with van der Waals surface area (Å²) in [7, 11) is 0. The average molecular weight is 418 g/mol. The smallest absolute Gasteiger partial charge is 0.271 e. The minimum absolute atomic E-state index is 0.110. The van der Waals surface area contributed by atoms with Crippen molar-refractivity contribution in [2.75, 3.05) is 0 Å². The predicted octanol–water partition coefficient (Wildman–Crippen LogP) is 3.62. The van der Waals surface area contributed by atoms with Crippen molar-refractivity contribution in [2.45, 2.75) is 57.3 Å². The molecule has 4 heterocycles. The number of carbonyl (C=O) groups excluding carboxylic acids is 2. The summed E-state index contributed by atoms with van der Waals surface area (Å²) >= 11 is 0. The first-order chi connectivity index (χ1) is 15.1. The molecule has 1 fully saturated rings. The summed E-state index contributed by atoms with van der Waals surface area (Å²) in [5, 5.41) is 3.22. The van der Waals surface area contributed by atoms with E-state index in [4.69, 9.17) is 4.42 Å². The molecule has 7 heteroatoms. The molecule has 1 saturated carbocycles. The van der Waals surface area contributed by atoms with E-state index >= 15 is 0 Å². The third kappa shape index (κ3) is 3.44. The molecule has 0 bridgehead atoms. The maximum Gasteiger partial charge on any atom is 0.271 e. The van der Waals surface area contributed by atoms with E-state index in [1.165, 1.54) is 0 Å². The van der Waals surface area contributed by atoms with Crippen LogP contribution in [0.5, 0.6) is 0 Å². The van der Waals surface area contributed by atoms with Crippen molar-refractivity contribution >= 4 is 11.8 Å². The van der Waals surface area contributed by atoms with Gasteiger partial charge in [-0.15, -0.1) is 0 Å². The van der Waals surface area contributed by atoms with E-state index in [0.717, 1.165) is 36.9 Å². The topological polar surface area (TPSA) is 80.4 Å². The fourth-order valence-corrected chi connectivity index (χ4v) is 4.75. The van der Waals surface area contributed by atoms with E-state index in [0.29, 0.717) is 24.5 Å². The first-order valence-corrected chi connectivity index (χ1v) is 10.8. The number of hydrogen-bond acceptors (Lipinski definition) is 4. The van der Waals surface area contributed by atoms with Gasteiger partial charge in [-0.1, -0.05) is 18.9 Å². The number of hydrogen-bond donors (Lipinski definition) is 1. The normalized spacial score (nSPS) is 21.3. The Labute approximate surface area is 181 Å². The molecule has 3 aromatic rings. The minimum Gasteiger partial charge on any atom is -0.463 e. The SMILES string of the molecule is C[C@]1(C(=O)NC2CCCC2)Cn2c(ccc2-c2ccco2)C(=O)N1Cc1cccnc1. The third-order valence-corrected chi connectivity index (χ3v) is 6.52. The van der Waals surface area contributed by atoms with E-state index in [9.17, 15) is 9.59 Å². The van der Waals surface area contributed by atoms with Crippen molar-refractivity contribution in [3.8, 4) is 11.5 Å². The number of aromatic nitrogens is 2. The van der Waals surface area contributed by atoms with Gasteiger partial charge in [0.25, 0.3) is 5.91 Å². The molecule has 0 saturated heterocycles. The molecule has 0 radical (unpaired) electrons. The van der Waals surface area contributed by atoms with Crippen LogP contribution in [0.1, 0.15) is 48.7 Å². The molecule has 3 aromatic heterocycles. The van der Waals surface area contributed by atoms with Gasteiger partial charge in [-0.05, 0) is 55.7 Å². The summed E-state index contributed by atoms with van der Waals surface area (Å²) < 4.78 is 7.50. The van der Waals surface area contributed by atoms with E-state index < -0.39 is 5.54 Å². The molecule has 1 aliphatic carbocycles. The van der Waals surface area contributed by atoms with Gasteiger partial charge in [0.1, 0.15) is 17.0 Å². The zero-order valence-corrected chi connectivity index (χ0v) is 17.6. The number of rotatable bonds is 5. The Kier molecular flexibility index (Phi) is 4.88. The molecule has 160 valence electrons. The zero-order valence-electron chi connectivity index (χ0n) is 17.6. The molecule has 0 spiro atoms. The van der Waals surface area contributed by atoms with Crippen molar-refractivity contribution in [1.82, 2.24) is 19.8 Å². The monoisotopic (exact) mass is 418 g/mol. The summed E-state index contributed by atoms with van der Waals surface area (Å²) in [4.78, 5) is 33.1. The maximum atomic E-state index is 13.6. The quantitative estimate of drug-likeness (QED) is 0.686. The first kappa shape index (κ1) is 19.6. The Morgan fingerprint density at radius 2 is 2.00 bits per heavy atom. The summed E-state index contributed by atoms with van der Waals surface area (Å²) in [6.07, 6.45) is 9.30. The molecule has 2 amide bonds. The Morgan fingerprint density at radius 3 is 2.71 bits per heavy atom. The number of carbonyl (C=O) groups is 2. The van der Waals surface area contributed by atoms with Crippen molar-refractivity contribution in [1.29, 1.82) is 0 Å². The predicted molar refractivity (Wildman–Crippen MR) is 115 cm³/mol. The zero-order chi connectivity index (χ0) is 21.4. The van der Waals surface area contributed by atoms with Crippen LogP contribution in [0.4, 0.5) is 0 Å². The molecule has 0 unspecified atom stereocenters. The fourth-order valence-electron chi connectivity index (χ4n) is 4.75. The molecule has 5 rings (SSSR count). The second-order valence-electron chi connectivity index (χ2n) is 8.65. The van der Waals surface area contributed by atoms with Gasteiger partial charge in [0, 0.05) is 25.0 Å². The summed E-state index contributed by atoms with van der Waals surface area (Å²) in [6.45, 7) is 2.54. The first-order valence-electron chi connectivity index (χ1n) is 10.8. The lowest BCUT2D eigenvalue weighted by Crippen LogP contribution is -2.64. The lowest BCUT2D eigenvalue weighted by molar-refractivity contribution is -0.133. The van der Waals surface area contributed by atoms with Crippen LogP contribution < -0.4 is 5.32 Å². The highest BCUT2D eigenvalue weighted by Gasteiger charge is 2.48. The van der Waals surface area contributed by atoms with Crippen LogP contribution in [0, 0.1) is 0 Å². The van der Waals surface area contributed by atoms with Crippen molar-refractivity contribution in [3.63, 3.8) is 0 Å². The summed E-state index contributed by atoms with van der Waals surface area (Å²) in [5.41, 5.74) is 1.21. The Morgan fingerprint density at radius 1 is 1.19 bits per heavy atom. The van der Waals surface area contributed by atoms with Crippen LogP contribution in [0.25, 0.3) is 11.5 Å². The molecule has 1 N–H and O–H groups in total. The van der Waals surface area contributed by atoms with Gasteiger partial charge < -0.3 is 19.2 Å². The van der Waals surface area contributed by atoms with Gasteiger partial charge in [0.15, 0.2) is 0 Å². The molecular formula is C24H26N4O3. The average Bonchev–Trinajstić information content (AvgIpc) is 3.53. The van der Waals surface area contributed by atoms with Crippen molar-refractivity contribution in [3.05, 3.63) is 66.3 Å². The third-order valence-electron chi connectivity index (χ3n) is 6.52. The van der Waals surface area contributed by atoms with Gasteiger partial charge in [-0.3, -0.25) is 14.6 Å². The van der Waals surface area contributed by atoms with Crippen LogP contribution in [0.15, 0.2) is 59.5 Å². The van der Waals surface area contributed by atoms with Crippen LogP contribution in [0.3, 0.4) is 0 Å². The Balaban J connectivity index is 1.54. The molecule has 31 heavy (non-hydrogen) atoms. The fraction of sp³-hybridized carbons (Fsp3) is 0.375. The second-order valence-corrected chi connectivity index (χ2v) is 8.65. The highest BCUT2D eigenvalue weighted by molar-refractivity contribution is 6.00. The van der Waals surface area contributed by atoms with Crippen LogP contribution in [0.2, 0.25) is 0 Å². The summed E-state index contributed by atoms with van der Waals surface area (Å²) in [5.74, 6) is 0.400. The molecule has 1 atom stereocenters. The highest BCUT2D eigenvalue weighted by atomic mass is 16.3. The van der Waals surface area contributed by atoms with E-state index in [-0.39, 0.29) is 17.9 Å². The maximum absolute atomic E-state index is 13.6. The molecule has 0 aromatic carbocycles. The number of nitrogens with zero attached hydrogens (tertiary/aromatic N) is 3. The van der Waals surface area contributed by atoms with E-state index in [1.54, 1.807) is 23.6 Å². The Hall–Kier alpha value is -3.35.